The maximum absolute atomic E-state index is 6.65. The highest BCUT2D eigenvalue weighted by molar-refractivity contribution is 7.25. The minimum absolute atomic E-state index is 0.850. The summed E-state index contributed by atoms with van der Waals surface area (Å²) in [5.41, 5.74) is 8.89. The highest BCUT2D eigenvalue weighted by atomic mass is 32.1. The van der Waals surface area contributed by atoms with Crippen molar-refractivity contribution in [1.82, 2.24) is 0 Å². The van der Waals surface area contributed by atoms with E-state index in [4.69, 9.17) is 8.83 Å². The van der Waals surface area contributed by atoms with Crippen molar-refractivity contribution in [3.8, 4) is 11.1 Å². The summed E-state index contributed by atoms with van der Waals surface area (Å²) in [6.45, 7) is 0. The molecule has 234 valence electrons. The molecule has 8 aromatic carbocycles. The van der Waals surface area contributed by atoms with Crippen LogP contribution >= 0.6 is 11.3 Å². The molecule has 0 saturated heterocycles. The number of nitrogens with zero attached hydrogens (tertiary/aromatic N) is 1. The molecular formula is C46H27NO2S. The van der Waals surface area contributed by atoms with Crippen molar-refractivity contribution in [3.63, 3.8) is 0 Å². The van der Waals surface area contributed by atoms with Gasteiger partial charge in [-0.15, -0.1) is 11.3 Å². The second-order valence-electron chi connectivity index (χ2n) is 12.9. The average molecular weight is 658 g/mol. The number of rotatable bonds is 4. The van der Waals surface area contributed by atoms with Gasteiger partial charge in [0.2, 0.25) is 0 Å². The van der Waals surface area contributed by atoms with Crippen LogP contribution in [0.4, 0.5) is 17.1 Å². The van der Waals surface area contributed by atoms with Crippen LogP contribution in [0.15, 0.2) is 173 Å². The van der Waals surface area contributed by atoms with Gasteiger partial charge in [-0.05, 0) is 77.2 Å². The summed E-state index contributed by atoms with van der Waals surface area (Å²) < 4.78 is 15.9. The van der Waals surface area contributed by atoms with Crippen LogP contribution in [0.5, 0.6) is 0 Å². The van der Waals surface area contributed by atoms with E-state index in [1.165, 1.54) is 31.3 Å². The molecule has 11 aromatic rings. The Morgan fingerprint density at radius 2 is 1.08 bits per heavy atom. The monoisotopic (exact) mass is 657 g/mol. The lowest BCUT2D eigenvalue weighted by atomic mass is 10.0. The van der Waals surface area contributed by atoms with Crippen LogP contribution in [0.25, 0.3) is 85.9 Å². The van der Waals surface area contributed by atoms with Crippen LogP contribution in [-0.4, -0.2) is 0 Å². The van der Waals surface area contributed by atoms with Crippen molar-refractivity contribution < 1.29 is 8.83 Å². The van der Waals surface area contributed by atoms with E-state index >= 15 is 0 Å². The summed E-state index contributed by atoms with van der Waals surface area (Å²) in [6, 6.07) is 58.3. The molecule has 0 unspecified atom stereocenters. The van der Waals surface area contributed by atoms with E-state index in [0.717, 1.165) is 71.7 Å². The van der Waals surface area contributed by atoms with Crippen LogP contribution in [0.1, 0.15) is 0 Å². The summed E-state index contributed by atoms with van der Waals surface area (Å²) >= 11 is 1.85. The molecule has 50 heavy (non-hydrogen) atoms. The first kappa shape index (κ1) is 27.6. The molecule has 0 atom stereocenters. The zero-order valence-electron chi connectivity index (χ0n) is 26.8. The van der Waals surface area contributed by atoms with E-state index in [2.05, 4.69) is 157 Å². The fraction of sp³-hybridized carbons (Fsp3) is 0. The molecule has 11 rings (SSSR count). The molecule has 0 aliphatic carbocycles. The molecule has 0 amide bonds. The Labute approximate surface area is 290 Å². The third kappa shape index (κ3) is 4.03. The topological polar surface area (TPSA) is 29.5 Å². The summed E-state index contributed by atoms with van der Waals surface area (Å²) in [4.78, 5) is 2.33. The predicted molar refractivity (Wildman–Crippen MR) is 212 cm³/mol. The zero-order valence-corrected chi connectivity index (χ0v) is 27.6. The molecule has 4 heteroatoms. The normalized spacial score (nSPS) is 12.0. The average Bonchev–Trinajstić information content (AvgIpc) is 3.87. The van der Waals surface area contributed by atoms with Crippen molar-refractivity contribution in [1.29, 1.82) is 0 Å². The first-order valence-electron chi connectivity index (χ1n) is 16.8. The van der Waals surface area contributed by atoms with E-state index < -0.39 is 0 Å². The molecule has 0 radical (unpaired) electrons. The van der Waals surface area contributed by atoms with E-state index in [9.17, 15) is 0 Å². The Kier molecular flexibility index (Phi) is 5.83. The maximum Gasteiger partial charge on any atom is 0.159 e. The lowest BCUT2D eigenvalue weighted by molar-refractivity contribution is 0.669. The summed E-state index contributed by atoms with van der Waals surface area (Å²) in [5.74, 6) is 0. The predicted octanol–water partition coefficient (Wildman–Crippen LogP) is 14.1. The Morgan fingerprint density at radius 1 is 0.400 bits per heavy atom. The smallest absolute Gasteiger partial charge is 0.159 e. The van der Waals surface area contributed by atoms with E-state index in [0.29, 0.717) is 0 Å². The van der Waals surface area contributed by atoms with Gasteiger partial charge in [0.05, 0.1) is 16.8 Å². The third-order valence-electron chi connectivity index (χ3n) is 10.1. The Bertz CT molecular complexity index is 3110. The van der Waals surface area contributed by atoms with E-state index in [1.807, 2.05) is 23.5 Å². The zero-order chi connectivity index (χ0) is 32.8. The van der Waals surface area contributed by atoms with E-state index in [-0.39, 0.29) is 0 Å². The van der Waals surface area contributed by atoms with Crippen molar-refractivity contribution in [3.05, 3.63) is 164 Å². The van der Waals surface area contributed by atoms with E-state index in [1.54, 1.807) is 0 Å². The fourth-order valence-electron chi connectivity index (χ4n) is 7.75. The van der Waals surface area contributed by atoms with Gasteiger partial charge in [-0.3, -0.25) is 0 Å². The van der Waals surface area contributed by atoms with Gasteiger partial charge < -0.3 is 13.7 Å². The molecule has 0 N–H and O–H groups in total. The molecule has 0 aliphatic rings. The van der Waals surface area contributed by atoms with Gasteiger partial charge in [-0.25, -0.2) is 0 Å². The van der Waals surface area contributed by atoms with Crippen LogP contribution in [0.3, 0.4) is 0 Å². The second-order valence-corrected chi connectivity index (χ2v) is 13.9. The molecule has 0 aliphatic heterocycles. The Balaban J connectivity index is 1.14. The summed E-state index contributed by atoms with van der Waals surface area (Å²) in [6.07, 6.45) is 0. The van der Waals surface area contributed by atoms with Gasteiger partial charge in [0, 0.05) is 47.4 Å². The van der Waals surface area contributed by atoms with Crippen LogP contribution < -0.4 is 4.90 Å². The number of anilines is 3. The SMILES string of the molecule is c1ccc2c(c1)ccc1c2oc2cccc(N(c3ccc(-c4ccc5sc6ccccc6c5c4)cc3)c3cccc4c3oc3ccccc34)c21. The fourth-order valence-corrected chi connectivity index (χ4v) is 8.83. The molecule has 0 saturated carbocycles. The maximum atomic E-state index is 6.65. The first-order chi connectivity index (χ1) is 24.8. The molecule has 3 heterocycles. The van der Waals surface area contributed by atoms with Gasteiger partial charge in [-0.1, -0.05) is 103 Å². The quantitative estimate of drug-likeness (QED) is 0.189. The van der Waals surface area contributed by atoms with Gasteiger partial charge in [0.15, 0.2) is 5.58 Å². The molecule has 0 spiro atoms. The van der Waals surface area contributed by atoms with Crippen LogP contribution in [-0.2, 0) is 0 Å². The number of para-hydroxylation sites is 2. The lowest BCUT2D eigenvalue weighted by Crippen LogP contribution is -2.10. The number of fused-ring (bicyclic) bond motifs is 11. The molecular weight excluding hydrogens is 631 g/mol. The van der Waals surface area contributed by atoms with Gasteiger partial charge in [0.1, 0.15) is 16.7 Å². The van der Waals surface area contributed by atoms with Gasteiger partial charge in [-0.2, -0.15) is 0 Å². The van der Waals surface area contributed by atoms with Crippen molar-refractivity contribution in [2.24, 2.45) is 0 Å². The minimum Gasteiger partial charge on any atom is -0.455 e. The number of benzene rings is 8. The Morgan fingerprint density at radius 3 is 2.00 bits per heavy atom. The van der Waals surface area contributed by atoms with Crippen LogP contribution in [0.2, 0.25) is 0 Å². The molecule has 3 nitrogen and oxygen atoms in total. The minimum atomic E-state index is 0.850. The molecule has 0 fully saturated rings. The second kappa shape index (κ2) is 10.6. The third-order valence-corrected chi connectivity index (χ3v) is 11.2. The lowest BCUT2D eigenvalue weighted by Gasteiger charge is -2.26. The van der Waals surface area contributed by atoms with Crippen LogP contribution in [0, 0.1) is 0 Å². The van der Waals surface area contributed by atoms with Crippen molar-refractivity contribution in [2.75, 3.05) is 4.90 Å². The highest BCUT2D eigenvalue weighted by Crippen LogP contribution is 2.47. The van der Waals surface area contributed by atoms with Crippen molar-refractivity contribution in [2.45, 2.75) is 0 Å². The van der Waals surface area contributed by atoms with Crippen molar-refractivity contribution >= 4 is 103 Å². The van der Waals surface area contributed by atoms with Gasteiger partial charge >= 0.3 is 0 Å². The highest BCUT2D eigenvalue weighted by Gasteiger charge is 2.23. The summed E-state index contributed by atoms with van der Waals surface area (Å²) in [7, 11) is 0. The standard InChI is InChI=1S/C46H27NO2S/c1-2-10-32-29(9-1)21-25-36-44-38(14-8-17-41(44)49-45(32)36)47(39-15-7-13-35-33-11-3-5-16-40(33)48-46(35)39)31-23-19-28(20-24-31)30-22-26-43-37(27-30)34-12-4-6-18-42(34)50-43/h1-27H. The van der Waals surface area contributed by atoms with Gasteiger partial charge in [0.25, 0.3) is 0 Å². The number of furan rings is 2. The molecule has 0 bridgehead atoms. The number of thiophene rings is 1. The number of hydrogen-bond donors (Lipinski definition) is 0. The summed E-state index contributed by atoms with van der Waals surface area (Å²) in [5, 5.41) is 9.23. The molecule has 3 aromatic heterocycles. The number of hydrogen-bond acceptors (Lipinski definition) is 4. The first-order valence-corrected chi connectivity index (χ1v) is 17.7. The largest absolute Gasteiger partial charge is 0.455 e. The Hall–Kier alpha value is -6.36.